The molecule has 0 aromatic heterocycles. The van der Waals surface area contributed by atoms with Gasteiger partial charge in [0.25, 0.3) is 0 Å². The molecule has 0 saturated heterocycles. The van der Waals surface area contributed by atoms with Crippen LogP contribution in [0.1, 0.15) is 6.42 Å². The average molecular weight is 224 g/mol. The van der Waals surface area contributed by atoms with E-state index < -0.39 is 18.5 Å². The number of rotatable bonds is 4. The van der Waals surface area contributed by atoms with Crippen molar-refractivity contribution in [2.45, 2.75) is 6.42 Å². The van der Waals surface area contributed by atoms with Gasteiger partial charge in [0.05, 0.1) is 12.5 Å². The molecule has 0 aromatic rings. The van der Waals surface area contributed by atoms with Crippen molar-refractivity contribution in [1.29, 1.82) is 0 Å². The summed E-state index contributed by atoms with van der Waals surface area (Å²) in [7, 11) is 0. The van der Waals surface area contributed by atoms with Crippen LogP contribution in [0.4, 0.5) is 0 Å². The van der Waals surface area contributed by atoms with Gasteiger partial charge in [-0.25, -0.2) is 0 Å². The summed E-state index contributed by atoms with van der Waals surface area (Å²) < 4.78 is 0. The zero-order valence-electron chi connectivity index (χ0n) is 4.95. The molecule has 0 aliphatic heterocycles. The third kappa shape index (κ3) is 5.64. The van der Waals surface area contributed by atoms with E-state index in [4.69, 9.17) is 15.3 Å². The van der Waals surface area contributed by atoms with Crippen LogP contribution in [0.25, 0.3) is 0 Å². The maximum absolute atomic E-state index is 10.0. The third-order valence-corrected chi connectivity index (χ3v) is 1.05. The van der Waals surface area contributed by atoms with E-state index in [1.165, 1.54) is 0 Å². The number of aliphatic hydroxyl groups is 2. The van der Waals surface area contributed by atoms with E-state index in [1.54, 1.807) is 0 Å². The molecular formula is C5H12O4Sr. The second-order valence-corrected chi connectivity index (χ2v) is 1.73. The number of hydrogen-bond donors (Lipinski definition) is 3. The summed E-state index contributed by atoms with van der Waals surface area (Å²) in [5.74, 6) is -1.87. The molecule has 0 heterocycles. The van der Waals surface area contributed by atoms with E-state index in [1.807, 2.05) is 0 Å². The Morgan fingerprint density at radius 1 is 1.40 bits per heavy atom. The topological polar surface area (TPSA) is 77.8 Å². The van der Waals surface area contributed by atoms with Crippen LogP contribution in [-0.4, -0.2) is 80.0 Å². The molecule has 10 heavy (non-hydrogen) atoms. The Morgan fingerprint density at radius 2 is 1.90 bits per heavy atom. The first-order chi connectivity index (χ1) is 4.22. The van der Waals surface area contributed by atoms with Crippen molar-refractivity contribution >= 4 is 51.5 Å². The molecule has 0 rings (SSSR count). The molecule has 1 unspecified atom stereocenters. The molecule has 0 spiro atoms. The van der Waals surface area contributed by atoms with Gasteiger partial charge in [-0.15, -0.1) is 0 Å². The van der Waals surface area contributed by atoms with Crippen molar-refractivity contribution in [3.63, 3.8) is 0 Å². The van der Waals surface area contributed by atoms with Gasteiger partial charge in [-0.3, -0.25) is 4.79 Å². The fraction of sp³-hybridized carbons (Fsp3) is 0.800. The third-order valence-electron chi connectivity index (χ3n) is 1.05. The quantitative estimate of drug-likeness (QED) is 0.489. The minimum atomic E-state index is -1.06. The van der Waals surface area contributed by atoms with Crippen LogP contribution in [0.5, 0.6) is 0 Å². The van der Waals surface area contributed by atoms with Crippen LogP contribution in [0, 0.1) is 5.92 Å². The van der Waals surface area contributed by atoms with Gasteiger partial charge >= 0.3 is 51.5 Å². The predicted octanol–water partition coefficient (Wildman–Crippen LogP) is -1.85. The van der Waals surface area contributed by atoms with E-state index in [9.17, 15) is 4.79 Å². The number of aliphatic hydroxyl groups excluding tert-OH is 2. The molecule has 1 atom stereocenters. The number of carboxylic acids is 1. The van der Waals surface area contributed by atoms with Crippen molar-refractivity contribution in [3.05, 3.63) is 0 Å². The molecule has 0 saturated carbocycles. The fourth-order valence-corrected chi connectivity index (χ4v) is 0.449. The molecule has 3 N–H and O–H groups in total. The first-order valence-corrected chi connectivity index (χ1v) is 2.67. The summed E-state index contributed by atoms with van der Waals surface area (Å²) in [5.41, 5.74) is 0. The molecule has 0 aromatic carbocycles. The van der Waals surface area contributed by atoms with Crippen molar-refractivity contribution in [1.82, 2.24) is 0 Å². The number of carboxylic acid groups (broad SMARTS) is 1. The van der Waals surface area contributed by atoms with Gasteiger partial charge in [0.1, 0.15) is 0 Å². The van der Waals surface area contributed by atoms with Crippen LogP contribution in [0.2, 0.25) is 0 Å². The van der Waals surface area contributed by atoms with Crippen molar-refractivity contribution in [3.8, 4) is 0 Å². The van der Waals surface area contributed by atoms with Crippen molar-refractivity contribution < 1.29 is 20.1 Å². The van der Waals surface area contributed by atoms with Crippen LogP contribution in [0.3, 0.4) is 0 Å². The fourth-order valence-electron chi connectivity index (χ4n) is 0.449. The van der Waals surface area contributed by atoms with E-state index in [2.05, 4.69) is 0 Å². The summed E-state index contributed by atoms with van der Waals surface area (Å²) in [4.78, 5) is 10.0. The second kappa shape index (κ2) is 7.97. The Balaban J connectivity index is 0. The maximum atomic E-state index is 10.0. The van der Waals surface area contributed by atoms with Crippen molar-refractivity contribution in [2.24, 2.45) is 5.92 Å². The normalized spacial score (nSPS) is 11.8. The van der Waals surface area contributed by atoms with E-state index in [0.29, 0.717) is 0 Å². The number of carbonyl (C=O) groups is 1. The monoisotopic (exact) mass is 224 g/mol. The molecule has 0 radical (unpaired) electrons. The van der Waals surface area contributed by atoms with E-state index in [-0.39, 0.29) is 58.5 Å². The average Bonchev–Trinajstić information content (AvgIpc) is 1.82. The number of hydrogen-bond acceptors (Lipinski definition) is 3. The number of aliphatic carboxylic acids is 1. The Bertz CT molecular complexity index is 95.6. The Labute approximate surface area is 96.1 Å². The van der Waals surface area contributed by atoms with Gasteiger partial charge in [0, 0.05) is 6.61 Å². The summed E-state index contributed by atoms with van der Waals surface area (Å²) in [6.45, 7) is -0.604. The van der Waals surface area contributed by atoms with E-state index >= 15 is 0 Å². The Kier molecular flexibility index (Phi) is 10.7. The molecule has 0 bridgehead atoms. The van der Waals surface area contributed by atoms with Crippen LogP contribution >= 0.6 is 0 Å². The van der Waals surface area contributed by atoms with Gasteiger partial charge in [-0.2, -0.15) is 0 Å². The Morgan fingerprint density at radius 3 is 2.00 bits per heavy atom. The molecule has 0 aliphatic rings. The first-order valence-electron chi connectivity index (χ1n) is 2.67. The molecule has 5 heteroatoms. The Hall–Kier alpha value is 0.871. The molecule has 58 valence electrons. The van der Waals surface area contributed by atoms with Gasteiger partial charge in [-0.05, 0) is 6.42 Å². The molecule has 0 amide bonds. The zero-order valence-corrected chi connectivity index (χ0v) is 4.95. The summed E-state index contributed by atoms with van der Waals surface area (Å²) >= 11 is 0. The minimum absolute atomic E-state index is 0. The van der Waals surface area contributed by atoms with Crippen molar-refractivity contribution in [2.75, 3.05) is 13.2 Å². The molecule has 0 aliphatic carbocycles. The van der Waals surface area contributed by atoms with Gasteiger partial charge in [0.15, 0.2) is 0 Å². The van der Waals surface area contributed by atoms with Gasteiger partial charge < -0.3 is 15.3 Å². The standard InChI is InChI=1S/C5H10O4.Sr.2H/c6-2-1-4(3-7)5(8)9;;;/h4,6-7H,1-3H2,(H,8,9);;;. The van der Waals surface area contributed by atoms with Crippen LogP contribution in [-0.2, 0) is 4.79 Å². The first kappa shape index (κ1) is 13.5. The summed E-state index contributed by atoms with van der Waals surface area (Å²) in [6.07, 6.45) is 0.117. The van der Waals surface area contributed by atoms with E-state index in [0.717, 1.165) is 0 Å². The SMILES string of the molecule is O=C(O)C(CO)CCO.[SrH2]. The zero-order chi connectivity index (χ0) is 7.28. The molecular weight excluding hydrogens is 212 g/mol. The van der Waals surface area contributed by atoms with Crippen LogP contribution in [0.15, 0.2) is 0 Å². The summed E-state index contributed by atoms with van der Waals surface area (Å²) in [6, 6.07) is 0. The van der Waals surface area contributed by atoms with Gasteiger partial charge in [0.2, 0.25) is 0 Å². The predicted molar refractivity (Wildman–Crippen MR) is 38.5 cm³/mol. The van der Waals surface area contributed by atoms with Crippen LogP contribution < -0.4 is 0 Å². The molecule has 0 fully saturated rings. The summed E-state index contributed by atoms with van der Waals surface area (Å²) in [5, 5.41) is 24.8. The molecule has 4 nitrogen and oxygen atoms in total. The second-order valence-electron chi connectivity index (χ2n) is 1.73. The van der Waals surface area contributed by atoms with Gasteiger partial charge in [-0.1, -0.05) is 0 Å².